The number of rotatable bonds is 5. The normalized spacial score (nSPS) is 34.7. The van der Waals surface area contributed by atoms with Crippen LogP contribution in [-0.4, -0.2) is 54.5 Å². The molecule has 29 heavy (non-hydrogen) atoms. The second kappa shape index (κ2) is 7.95. The fourth-order valence-corrected chi connectivity index (χ4v) is 6.53. The maximum atomic E-state index is 13.6. The van der Waals surface area contributed by atoms with Crippen molar-refractivity contribution in [2.24, 2.45) is 23.2 Å². The van der Waals surface area contributed by atoms with Gasteiger partial charge in [0.2, 0.25) is 5.91 Å². The molecule has 4 bridgehead atoms. The van der Waals surface area contributed by atoms with Crippen LogP contribution in [0.15, 0.2) is 0 Å². The van der Waals surface area contributed by atoms with Crippen LogP contribution in [0, 0.1) is 23.2 Å². The Kier molecular flexibility index (Phi) is 5.53. The van der Waals surface area contributed by atoms with Crippen LogP contribution in [0.5, 0.6) is 0 Å². The van der Waals surface area contributed by atoms with Crippen LogP contribution in [0.1, 0.15) is 58.3 Å². The third-order valence-electron chi connectivity index (χ3n) is 7.21. The summed E-state index contributed by atoms with van der Waals surface area (Å²) in [4.78, 5) is 51.0. The average molecular weight is 405 g/mol. The zero-order valence-corrected chi connectivity index (χ0v) is 17.1. The Morgan fingerprint density at radius 2 is 1.66 bits per heavy atom. The van der Waals surface area contributed by atoms with Crippen molar-refractivity contribution in [2.75, 3.05) is 19.7 Å². The molecular weight excluding hydrogens is 374 g/mol. The van der Waals surface area contributed by atoms with Crippen LogP contribution in [0.2, 0.25) is 0 Å². The summed E-state index contributed by atoms with van der Waals surface area (Å²) in [5.74, 6) is 0.888. The molecule has 1 aliphatic heterocycles. The Morgan fingerprint density at radius 3 is 2.24 bits per heavy atom. The van der Waals surface area contributed by atoms with Gasteiger partial charge in [-0.2, -0.15) is 0 Å². The zero-order valence-electron chi connectivity index (χ0n) is 17.1. The van der Waals surface area contributed by atoms with Crippen LogP contribution < -0.4 is 10.6 Å². The van der Waals surface area contributed by atoms with Gasteiger partial charge in [0.25, 0.3) is 5.91 Å². The van der Waals surface area contributed by atoms with Gasteiger partial charge in [0.05, 0.1) is 5.41 Å². The smallest absolute Gasteiger partial charge is 0.329 e. The molecule has 0 aromatic heterocycles. The largest absolute Gasteiger partial charge is 0.454 e. The maximum Gasteiger partial charge on any atom is 0.329 e. The second-order valence-electron chi connectivity index (χ2n) is 9.37. The molecule has 4 amide bonds. The highest BCUT2D eigenvalue weighted by Crippen LogP contribution is 2.60. The fraction of sp³-hybridized carbons (Fsp3) is 0.810. The number of hydrogen-bond acceptors (Lipinski definition) is 5. The first-order chi connectivity index (χ1) is 13.9. The van der Waals surface area contributed by atoms with Crippen molar-refractivity contribution in [1.29, 1.82) is 0 Å². The van der Waals surface area contributed by atoms with Gasteiger partial charge in [-0.3, -0.25) is 14.9 Å². The molecule has 2 N–H and O–H groups in total. The van der Waals surface area contributed by atoms with Gasteiger partial charge in [0, 0.05) is 13.1 Å². The van der Waals surface area contributed by atoms with E-state index in [4.69, 9.17) is 4.74 Å². The van der Waals surface area contributed by atoms with Crippen molar-refractivity contribution >= 4 is 23.8 Å². The van der Waals surface area contributed by atoms with E-state index in [9.17, 15) is 19.2 Å². The molecule has 5 fully saturated rings. The number of carbonyl (C=O) groups excluding carboxylic acids is 4. The van der Waals surface area contributed by atoms with Crippen LogP contribution in [0.4, 0.5) is 4.79 Å². The van der Waals surface area contributed by atoms with E-state index in [1.807, 2.05) is 0 Å². The molecule has 8 heteroatoms. The third kappa shape index (κ3) is 3.98. The topological polar surface area (TPSA) is 105 Å². The monoisotopic (exact) mass is 405 g/mol. The van der Waals surface area contributed by atoms with E-state index in [1.165, 1.54) is 19.3 Å². The summed E-state index contributed by atoms with van der Waals surface area (Å²) in [6, 6.07) is -1.24. The summed E-state index contributed by atoms with van der Waals surface area (Å²) in [6.07, 6.45) is 8.01. The predicted octanol–water partition coefficient (Wildman–Crippen LogP) is 1.58. The molecule has 8 nitrogen and oxygen atoms in total. The first kappa shape index (κ1) is 20.2. The molecule has 5 rings (SSSR count). The number of imide groups is 1. The molecular formula is C21H31N3O5. The Hall–Kier alpha value is -2.12. The average Bonchev–Trinajstić information content (AvgIpc) is 3.14. The van der Waals surface area contributed by atoms with Crippen LogP contribution in [0.25, 0.3) is 0 Å². The molecule has 1 atom stereocenters. The highest BCUT2D eigenvalue weighted by molar-refractivity contribution is 5.96. The van der Waals surface area contributed by atoms with Crippen LogP contribution in [-0.2, 0) is 19.1 Å². The highest BCUT2D eigenvalue weighted by atomic mass is 16.5. The summed E-state index contributed by atoms with van der Waals surface area (Å²) in [5, 5.41) is 4.54. The summed E-state index contributed by atoms with van der Waals surface area (Å²) in [5.41, 5.74) is -0.284. The van der Waals surface area contributed by atoms with E-state index in [0.29, 0.717) is 37.3 Å². The van der Waals surface area contributed by atoms with E-state index < -0.39 is 30.6 Å². The first-order valence-electron chi connectivity index (χ1n) is 11.0. The van der Waals surface area contributed by atoms with E-state index in [0.717, 1.165) is 25.7 Å². The fourth-order valence-electron chi connectivity index (χ4n) is 6.53. The van der Waals surface area contributed by atoms with Gasteiger partial charge in [-0.1, -0.05) is 0 Å². The van der Waals surface area contributed by atoms with Gasteiger partial charge in [-0.15, -0.1) is 0 Å². The molecule has 1 unspecified atom stereocenters. The highest BCUT2D eigenvalue weighted by Gasteiger charge is 2.57. The number of nitrogens with one attached hydrogen (secondary N) is 2. The summed E-state index contributed by atoms with van der Waals surface area (Å²) in [6.45, 7) is 2.18. The van der Waals surface area contributed by atoms with Crippen LogP contribution in [0.3, 0.4) is 0 Å². The van der Waals surface area contributed by atoms with Gasteiger partial charge in [0.15, 0.2) is 6.61 Å². The van der Waals surface area contributed by atoms with Crippen molar-refractivity contribution in [3.8, 4) is 0 Å². The molecule has 1 heterocycles. The third-order valence-corrected chi connectivity index (χ3v) is 7.21. The molecule has 1 saturated heterocycles. The van der Waals surface area contributed by atoms with Gasteiger partial charge < -0.3 is 15.0 Å². The number of amides is 4. The Balaban J connectivity index is 1.35. The van der Waals surface area contributed by atoms with Crippen molar-refractivity contribution in [3.63, 3.8) is 0 Å². The summed E-state index contributed by atoms with van der Waals surface area (Å²) in [7, 11) is 0. The van der Waals surface area contributed by atoms with Crippen molar-refractivity contribution < 1.29 is 23.9 Å². The van der Waals surface area contributed by atoms with Crippen molar-refractivity contribution in [2.45, 2.75) is 64.3 Å². The summed E-state index contributed by atoms with van der Waals surface area (Å²) >= 11 is 0. The molecule has 4 aliphatic carbocycles. The zero-order chi connectivity index (χ0) is 20.6. The minimum Gasteiger partial charge on any atom is -0.454 e. The Morgan fingerprint density at radius 1 is 1.03 bits per heavy atom. The van der Waals surface area contributed by atoms with Gasteiger partial charge in [-0.25, -0.2) is 9.59 Å². The lowest BCUT2D eigenvalue weighted by Crippen LogP contribution is -2.56. The van der Waals surface area contributed by atoms with Gasteiger partial charge >= 0.3 is 12.0 Å². The quantitative estimate of drug-likeness (QED) is 0.676. The molecule has 0 aromatic rings. The number of likely N-dealkylation sites (tertiary alicyclic amines) is 1. The molecule has 0 spiro atoms. The standard InChI is InChI=1S/C21H31N3O5/c1-2-22-20(28)23-17(25)12-29-18(26)16-4-3-5-24(16)19(27)21-9-13-6-14(10-21)8-15(7-13)11-21/h13-16H,2-12H2,1H3,(H2,22,23,25,28). The number of carbonyl (C=O) groups is 4. The minimum atomic E-state index is -0.679. The minimum absolute atomic E-state index is 0.128. The molecule has 5 aliphatic rings. The second-order valence-corrected chi connectivity index (χ2v) is 9.37. The molecule has 160 valence electrons. The number of esters is 1. The number of ether oxygens (including phenoxy) is 1. The lowest BCUT2D eigenvalue weighted by Gasteiger charge is -2.56. The Labute approximate surface area is 171 Å². The van der Waals surface area contributed by atoms with Gasteiger partial charge in [-0.05, 0) is 76.0 Å². The Bertz CT molecular complexity index is 671. The predicted molar refractivity (Wildman–Crippen MR) is 104 cm³/mol. The molecule has 0 radical (unpaired) electrons. The van der Waals surface area contributed by atoms with Crippen molar-refractivity contribution in [3.05, 3.63) is 0 Å². The maximum absolute atomic E-state index is 13.6. The van der Waals surface area contributed by atoms with E-state index in [1.54, 1.807) is 11.8 Å². The molecule has 0 aromatic carbocycles. The lowest BCUT2D eigenvalue weighted by molar-refractivity contribution is -0.166. The van der Waals surface area contributed by atoms with E-state index in [-0.39, 0.29) is 11.3 Å². The van der Waals surface area contributed by atoms with Crippen molar-refractivity contribution in [1.82, 2.24) is 15.5 Å². The van der Waals surface area contributed by atoms with Gasteiger partial charge in [0.1, 0.15) is 6.04 Å². The van der Waals surface area contributed by atoms with E-state index >= 15 is 0 Å². The van der Waals surface area contributed by atoms with Crippen LogP contribution >= 0.6 is 0 Å². The molecule has 4 saturated carbocycles. The SMILES string of the molecule is CCNC(=O)NC(=O)COC(=O)C1CCCN1C(=O)C12CC3CC(CC(C3)C1)C2. The number of hydrogen-bond donors (Lipinski definition) is 2. The first-order valence-corrected chi connectivity index (χ1v) is 11.0. The lowest BCUT2D eigenvalue weighted by atomic mass is 9.49. The number of nitrogens with zero attached hydrogens (tertiary/aromatic N) is 1. The van der Waals surface area contributed by atoms with E-state index in [2.05, 4.69) is 10.6 Å². The summed E-state index contributed by atoms with van der Waals surface area (Å²) < 4.78 is 5.14. The number of urea groups is 1.